The van der Waals surface area contributed by atoms with Gasteiger partial charge in [0, 0.05) is 55.3 Å². The van der Waals surface area contributed by atoms with Gasteiger partial charge < -0.3 is 0 Å². The lowest BCUT2D eigenvalue weighted by atomic mass is 9.65. The van der Waals surface area contributed by atoms with Gasteiger partial charge in [-0.1, -0.05) is 52.8 Å². The Morgan fingerprint density at radius 1 is 0.848 bits per heavy atom. The van der Waals surface area contributed by atoms with Crippen LogP contribution in [0.1, 0.15) is 71.7 Å². The van der Waals surface area contributed by atoms with Crippen molar-refractivity contribution >= 4 is 42.7 Å². The average Bonchev–Trinajstić information content (AvgIpc) is 3.77. The molecule has 0 aliphatic carbocycles. The van der Waals surface area contributed by atoms with Gasteiger partial charge in [0.25, 0.3) is 0 Å². The van der Waals surface area contributed by atoms with Gasteiger partial charge in [-0.15, -0.1) is 11.3 Å². The zero-order chi connectivity index (χ0) is 31.6. The van der Waals surface area contributed by atoms with Crippen molar-refractivity contribution < 1.29 is 9.13 Å². The van der Waals surface area contributed by atoms with Crippen LogP contribution in [0.3, 0.4) is 0 Å². The summed E-state index contributed by atoms with van der Waals surface area (Å²) in [7, 11) is 0. The first kappa shape index (κ1) is 27.8. The molecule has 7 aromatic rings. The lowest BCUT2D eigenvalue weighted by molar-refractivity contribution is -0.838. The highest BCUT2D eigenvalue weighted by Crippen LogP contribution is 2.55. The van der Waals surface area contributed by atoms with E-state index < -0.39 is 5.54 Å². The van der Waals surface area contributed by atoms with Gasteiger partial charge >= 0.3 is 5.65 Å². The molecule has 0 saturated heterocycles. The van der Waals surface area contributed by atoms with E-state index in [2.05, 4.69) is 134 Å². The van der Waals surface area contributed by atoms with Crippen LogP contribution in [0.15, 0.2) is 91.4 Å². The van der Waals surface area contributed by atoms with Crippen LogP contribution >= 0.6 is 11.3 Å². The number of fused-ring (bicyclic) bond motifs is 11. The molecule has 3 unspecified atom stereocenters. The van der Waals surface area contributed by atoms with E-state index in [-0.39, 0.29) is 17.0 Å². The molecule has 0 amide bonds. The fourth-order valence-electron chi connectivity index (χ4n) is 8.70. The lowest BCUT2D eigenvalue weighted by Gasteiger charge is -2.49. The molecule has 228 valence electrons. The summed E-state index contributed by atoms with van der Waals surface area (Å²) in [5, 5.41) is 8.11. The van der Waals surface area contributed by atoms with Gasteiger partial charge in [-0.2, -0.15) is 9.67 Å². The van der Waals surface area contributed by atoms with Crippen LogP contribution in [0.2, 0.25) is 0 Å². The topological polar surface area (TPSA) is 51.4 Å². The highest BCUT2D eigenvalue weighted by atomic mass is 32.1. The second-order valence-electron chi connectivity index (χ2n) is 14.2. The van der Waals surface area contributed by atoms with Crippen LogP contribution < -0.4 is 9.13 Å². The number of hydrogen-bond donors (Lipinski definition) is 0. The first-order valence-corrected chi connectivity index (χ1v) is 17.3. The van der Waals surface area contributed by atoms with Crippen molar-refractivity contribution in [1.29, 1.82) is 0 Å². The van der Waals surface area contributed by atoms with E-state index in [0.717, 1.165) is 29.7 Å². The Morgan fingerprint density at radius 2 is 1.65 bits per heavy atom. The van der Waals surface area contributed by atoms with Crippen LogP contribution in [0, 0.1) is 0 Å². The zero-order valence-electron chi connectivity index (χ0n) is 27.2. The fourth-order valence-corrected chi connectivity index (χ4v) is 9.83. The third kappa shape index (κ3) is 3.34. The SMILES string of the molecule is CCC1(C)n2nc(C(C)(C)C)cc2-c2cccc[n+]2C1(CC)C1c2cc3sc4ccccc4c3cc2-c2ccc3nccnc3[n+]21. The molecule has 7 heterocycles. The van der Waals surface area contributed by atoms with E-state index in [9.17, 15) is 0 Å². The molecular formula is C39H38N6S+2. The molecular weight excluding hydrogens is 585 g/mol. The molecule has 7 heteroatoms. The number of hydrogen-bond acceptors (Lipinski definition) is 4. The molecule has 46 heavy (non-hydrogen) atoms. The standard InChI is InChI=1S/C39H38N6S/c1-7-38(6)39(8-2,43-20-12-11-14-30(43)31-23-34(37(3,4)5)42-45(31)38)35-27-22-33-26(24-13-9-10-15-32(24)46-33)21-25(27)29-17-16-28-36(44(29)35)41-19-18-40-28/h9-23,35H,7-8H2,1-6H3/q+2. The third-order valence-corrected chi connectivity index (χ3v) is 12.2. The fraction of sp³-hybridized carbons (Fsp3) is 0.308. The largest absolute Gasteiger partial charge is 0.350 e. The number of aromatic nitrogens is 6. The Kier molecular flexibility index (Phi) is 5.61. The van der Waals surface area contributed by atoms with E-state index in [0.29, 0.717) is 0 Å². The number of thiophene rings is 1. The number of benzene rings is 2. The van der Waals surface area contributed by atoms with Gasteiger partial charge in [-0.25, -0.2) is 14.2 Å². The summed E-state index contributed by atoms with van der Waals surface area (Å²) in [4.78, 5) is 9.83. The lowest BCUT2D eigenvalue weighted by Crippen LogP contribution is -2.77. The van der Waals surface area contributed by atoms with Crippen molar-refractivity contribution in [3.05, 3.63) is 103 Å². The molecule has 2 aliphatic rings. The Hall–Kier alpha value is -4.49. The van der Waals surface area contributed by atoms with Crippen molar-refractivity contribution in [3.8, 4) is 22.6 Å². The Labute approximate surface area is 273 Å². The predicted molar refractivity (Wildman–Crippen MR) is 185 cm³/mol. The molecule has 9 rings (SSSR count). The normalized spacial score (nSPS) is 21.8. The van der Waals surface area contributed by atoms with Crippen LogP contribution in [0.25, 0.3) is 54.0 Å². The third-order valence-electron chi connectivity index (χ3n) is 11.1. The van der Waals surface area contributed by atoms with Crippen LogP contribution in [-0.2, 0) is 16.5 Å². The number of nitrogens with zero attached hydrogens (tertiary/aromatic N) is 6. The molecule has 0 spiro atoms. The highest BCUT2D eigenvalue weighted by molar-refractivity contribution is 7.25. The first-order chi connectivity index (χ1) is 22.2. The van der Waals surface area contributed by atoms with E-state index in [1.54, 1.807) is 6.20 Å². The zero-order valence-corrected chi connectivity index (χ0v) is 28.1. The first-order valence-electron chi connectivity index (χ1n) is 16.4. The van der Waals surface area contributed by atoms with E-state index in [4.69, 9.17) is 15.1 Å². The minimum atomic E-state index is -0.437. The minimum absolute atomic E-state index is 0.0657. The monoisotopic (exact) mass is 622 g/mol. The molecule has 0 N–H and O–H groups in total. The molecule has 0 saturated carbocycles. The highest BCUT2D eigenvalue weighted by Gasteiger charge is 2.69. The quantitative estimate of drug-likeness (QED) is 0.187. The second-order valence-corrected chi connectivity index (χ2v) is 15.3. The maximum atomic E-state index is 5.48. The summed E-state index contributed by atoms with van der Waals surface area (Å²) in [6.07, 6.45) is 7.75. The van der Waals surface area contributed by atoms with E-state index >= 15 is 0 Å². The van der Waals surface area contributed by atoms with Crippen molar-refractivity contribution in [1.82, 2.24) is 19.7 Å². The van der Waals surface area contributed by atoms with Gasteiger partial charge in [0.15, 0.2) is 24.0 Å². The van der Waals surface area contributed by atoms with Crippen molar-refractivity contribution in [2.24, 2.45) is 0 Å². The van der Waals surface area contributed by atoms with Crippen molar-refractivity contribution in [2.45, 2.75) is 76.9 Å². The predicted octanol–water partition coefficient (Wildman–Crippen LogP) is 8.25. The molecule has 0 bridgehead atoms. The Balaban J connectivity index is 1.45. The molecule has 5 aromatic heterocycles. The van der Waals surface area contributed by atoms with Crippen LogP contribution in [-0.4, -0.2) is 19.7 Å². The number of rotatable bonds is 3. The average molecular weight is 623 g/mol. The summed E-state index contributed by atoms with van der Waals surface area (Å²) in [6.45, 7) is 13.9. The summed E-state index contributed by atoms with van der Waals surface area (Å²) >= 11 is 1.89. The molecule has 2 aliphatic heterocycles. The van der Waals surface area contributed by atoms with E-state index in [1.807, 2.05) is 17.5 Å². The molecule has 3 atom stereocenters. The van der Waals surface area contributed by atoms with Crippen LogP contribution in [0.5, 0.6) is 0 Å². The Bertz CT molecular complexity index is 2380. The smallest absolute Gasteiger partial charge is 0.245 e. The maximum Gasteiger partial charge on any atom is 0.350 e. The number of pyridine rings is 2. The summed E-state index contributed by atoms with van der Waals surface area (Å²) < 4.78 is 10.1. The van der Waals surface area contributed by atoms with Gasteiger partial charge in [0.2, 0.25) is 11.2 Å². The van der Waals surface area contributed by atoms with E-state index in [1.165, 1.54) is 48.4 Å². The van der Waals surface area contributed by atoms with Crippen molar-refractivity contribution in [2.75, 3.05) is 0 Å². The second kappa shape index (κ2) is 9.29. The Morgan fingerprint density at radius 3 is 2.46 bits per heavy atom. The van der Waals surface area contributed by atoms with Crippen molar-refractivity contribution in [3.63, 3.8) is 0 Å². The van der Waals surface area contributed by atoms with Gasteiger partial charge in [-0.05, 0) is 60.8 Å². The molecule has 0 fully saturated rings. The maximum absolute atomic E-state index is 5.48. The molecule has 2 aromatic carbocycles. The minimum Gasteiger partial charge on any atom is -0.245 e. The van der Waals surface area contributed by atoms with Gasteiger partial charge in [0.1, 0.15) is 16.9 Å². The van der Waals surface area contributed by atoms with Gasteiger partial charge in [-0.3, -0.25) is 0 Å². The molecule has 6 nitrogen and oxygen atoms in total. The summed E-state index contributed by atoms with van der Waals surface area (Å²) in [6, 6.07) is 27.0. The van der Waals surface area contributed by atoms with Crippen LogP contribution in [0.4, 0.5) is 0 Å². The summed E-state index contributed by atoms with van der Waals surface area (Å²) in [5.74, 6) is 0. The summed E-state index contributed by atoms with van der Waals surface area (Å²) in [5.41, 5.74) is 8.24. The molecule has 0 radical (unpaired) electrons. The van der Waals surface area contributed by atoms with Gasteiger partial charge in [0.05, 0.1) is 11.9 Å².